The van der Waals surface area contributed by atoms with Gasteiger partial charge in [-0.3, -0.25) is 9.97 Å². The summed E-state index contributed by atoms with van der Waals surface area (Å²) >= 11 is 0. The topological polar surface area (TPSA) is 35.0 Å². The Balaban J connectivity index is 2.53. The summed E-state index contributed by atoms with van der Waals surface area (Å²) in [5.74, 6) is 0.829. The van der Waals surface area contributed by atoms with Gasteiger partial charge in [0.2, 0.25) is 0 Å². The van der Waals surface area contributed by atoms with Crippen molar-refractivity contribution in [3.05, 3.63) is 42.5 Å². The second-order valence-electron chi connectivity index (χ2n) is 3.27. The Morgan fingerprint density at radius 2 is 2.13 bits per heavy atom. The number of pyridine rings is 2. The molecule has 0 radical (unpaired) electrons. The molecular weight excluding hydrogens is 188 g/mol. The molecule has 0 saturated carbocycles. The van der Waals surface area contributed by atoms with Crippen LogP contribution in [-0.4, -0.2) is 17.1 Å². The van der Waals surface area contributed by atoms with Crippen molar-refractivity contribution in [2.45, 2.75) is 6.92 Å². The summed E-state index contributed by atoms with van der Waals surface area (Å²) in [5.41, 5.74) is 2.93. The molecule has 0 aliphatic rings. The maximum atomic E-state index is 5.31. The second-order valence-corrected chi connectivity index (χ2v) is 3.27. The van der Waals surface area contributed by atoms with E-state index in [0.29, 0.717) is 0 Å². The van der Waals surface area contributed by atoms with Crippen LogP contribution in [0.2, 0.25) is 0 Å². The van der Waals surface area contributed by atoms with Gasteiger partial charge in [-0.05, 0) is 13.0 Å². The van der Waals surface area contributed by atoms with Crippen molar-refractivity contribution in [1.82, 2.24) is 9.97 Å². The standard InChI is InChI=1S/C12H12N2O/c1-9-6-12(15-2)11(8-14-9)10-4-3-5-13-7-10/h3-8H,1-2H3. The zero-order chi connectivity index (χ0) is 10.7. The lowest BCUT2D eigenvalue weighted by molar-refractivity contribution is 0.415. The zero-order valence-electron chi connectivity index (χ0n) is 8.77. The summed E-state index contributed by atoms with van der Waals surface area (Å²) in [6.07, 6.45) is 5.36. The number of aromatic nitrogens is 2. The highest BCUT2D eigenvalue weighted by molar-refractivity contribution is 5.68. The summed E-state index contributed by atoms with van der Waals surface area (Å²) in [6.45, 7) is 1.94. The minimum absolute atomic E-state index is 0.829. The van der Waals surface area contributed by atoms with Crippen molar-refractivity contribution in [2.75, 3.05) is 7.11 Å². The van der Waals surface area contributed by atoms with Crippen LogP contribution in [0.25, 0.3) is 11.1 Å². The molecule has 2 rings (SSSR count). The van der Waals surface area contributed by atoms with Crippen LogP contribution in [0.15, 0.2) is 36.8 Å². The van der Waals surface area contributed by atoms with E-state index >= 15 is 0 Å². The number of hydrogen-bond donors (Lipinski definition) is 0. The Morgan fingerprint density at radius 3 is 2.80 bits per heavy atom. The summed E-state index contributed by atoms with van der Waals surface area (Å²) in [5, 5.41) is 0. The van der Waals surface area contributed by atoms with Gasteiger partial charge in [0.25, 0.3) is 0 Å². The molecule has 0 fully saturated rings. The third-order valence-electron chi connectivity index (χ3n) is 2.20. The molecule has 0 N–H and O–H groups in total. The molecule has 0 atom stereocenters. The minimum Gasteiger partial charge on any atom is -0.496 e. The highest BCUT2D eigenvalue weighted by Gasteiger charge is 2.06. The highest BCUT2D eigenvalue weighted by Crippen LogP contribution is 2.28. The van der Waals surface area contributed by atoms with E-state index in [4.69, 9.17) is 4.74 Å². The van der Waals surface area contributed by atoms with Crippen molar-refractivity contribution in [3.8, 4) is 16.9 Å². The molecule has 2 aromatic rings. The molecule has 76 valence electrons. The van der Waals surface area contributed by atoms with Gasteiger partial charge in [0, 0.05) is 41.5 Å². The van der Waals surface area contributed by atoms with Crippen molar-refractivity contribution in [3.63, 3.8) is 0 Å². The maximum Gasteiger partial charge on any atom is 0.130 e. The van der Waals surface area contributed by atoms with Crippen LogP contribution in [0.3, 0.4) is 0 Å². The highest BCUT2D eigenvalue weighted by atomic mass is 16.5. The molecule has 0 aliphatic heterocycles. The maximum absolute atomic E-state index is 5.31. The molecule has 0 aliphatic carbocycles. The van der Waals surface area contributed by atoms with E-state index in [0.717, 1.165) is 22.6 Å². The molecule has 3 nitrogen and oxygen atoms in total. The Labute approximate surface area is 88.8 Å². The molecule has 3 heteroatoms. The van der Waals surface area contributed by atoms with Crippen LogP contribution in [0.1, 0.15) is 5.69 Å². The van der Waals surface area contributed by atoms with Crippen molar-refractivity contribution in [2.24, 2.45) is 0 Å². The van der Waals surface area contributed by atoms with E-state index in [-0.39, 0.29) is 0 Å². The van der Waals surface area contributed by atoms with Crippen LogP contribution < -0.4 is 4.74 Å². The number of rotatable bonds is 2. The Morgan fingerprint density at radius 1 is 1.27 bits per heavy atom. The van der Waals surface area contributed by atoms with Crippen molar-refractivity contribution >= 4 is 0 Å². The summed E-state index contributed by atoms with van der Waals surface area (Å²) in [6, 6.07) is 5.80. The first-order chi connectivity index (χ1) is 7.31. The van der Waals surface area contributed by atoms with Crippen LogP contribution in [0.5, 0.6) is 5.75 Å². The molecular formula is C12H12N2O. The van der Waals surface area contributed by atoms with Gasteiger partial charge >= 0.3 is 0 Å². The van der Waals surface area contributed by atoms with E-state index in [9.17, 15) is 0 Å². The molecule has 0 spiro atoms. The predicted octanol–water partition coefficient (Wildman–Crippen LogP) is 2.46. The molecule has 0 bridgehead atoms. The third-order valence-corrected chi connectivity index (χ3v) is 2.20. The average Bonchev–Trinajstić information content (AvgIpc) is 2.30. The van der Waals surface area contributed by atoms with Crippen LogP contribution in [-0.2, 0) is 0 Å². The first kappa shape index (κ1) is 9.65. The number of methoxy groups -OCH3 is 1. The van der Waals surface area contributed by atoms with Gasteiger partial charge in [-0.1, -0.05) is 6.07 Å². The first-order valence-corrected chi connectivity index (χ1v) is 4.72. The van der Waals surface area contributed by atoms with Gasteiger partial charge in [0.15, 0.2) is 0 Å². The molecule has 0 unspecified atom stereocenters. The minimum atomic E-state index is 0.829. The fraction of sp³-hybridized carbons (Fsp3) is 0.167. The normalized spacial score (nSPS) is 10.0. The van der Waals surface area contributed by atoms with Gasteiger partial charge in [-0.25, -0.2) is 0 Å². The zero-order valence-corrected chi connectivity index (χ0v) is 8.77. The van der Waals surface area contributed by atoms with Gasteiger partial charge in [-0.15, -0.1) is 0 Å². The third kappa shape index (κ3) is 1.96. The molecule has 2 heterocycles. The van der Waals surface area contributed by atoms with Crippen molar-refractivity contribution < 1.29 is 4.74 Å². The van der Waals surface area contributed by atoms with E-state index in [2.05, 4.69) is 9.97 Å². The molecule has 15 heavy (non-hydrogen) atoms. The molecule has 0 saturated heterocycles. The van der Waals surface area contributed by atoms with E-state index in [1.165, 1.54) is 0 Å². The first-order valence-electron chi connectivity index (χ1n) is 4.72. The van der Waals surface area contributed by atoms with E-state index in [1.54, 1.807) is 19.5 Å². The average molecular weight is 200 g/mol. The van der Waals surface area contributed by atoms with Gasteiger partial charge in [-0.2, -0.15) is 0 Å². The Kier molecular flexibility index (Phi) is 2.63. The van der Waals surface area contributed by atoms with Crippen LogP contribution >= 0.6 is 0 Å². The summed E-state index contributed by atoms with van der Waals surface area (Å²) < 4.78 is 5.31. The smallest absolute Gasteiger partial charge is 0.130 e. The second kappa shape index (κ2) is 4.09. The fourth-order valence-electron chi connectivity index (χ4n) is 1.44. The van der Waals surface area contributed by atoms with Crippen LogP contribution in [0.4, 0.5) is 0 Å². The SMILES string of the molecule is COc1cc(C)ncc1-c1cccnc1. The lowest BCUT2D eigenvalue weighted by atomic mass is 10.1. The summed E-state index contributed by atoms with van der Waals surface area (Å²) in [4.78, 5) is 8.33. The van der Waals surface area contributed by atoms with Crippen molar-refractivity contribution in [1.29, 1.82) is 0 Å². The Bertz CT molecular complexity index is 454. The fourth-order valence-corrected chi connectivity index (χ4v) is 1.44. The van der Waals surface area contributed by atoms with E-state index < -0.39 is 0 Å². The lowest BCUT2D eigenvalue weighted by Gasteiger charge is -2.08. The number of aryl methyl sites for hydroxylation is 1. The number of hydrogen-bond acceptors (Lipinski definition) is 3. The predicted molar refractivity (Wildman–Crippen MR) is 58.8 cm³/mol. The molecule has 2 aromatic heterocycles. The van der Waals surface area contributed by atoms with Crippen LogP contribution in [0, 0.1) is 6.92 Å². The number of nitrogens with zero attached hydrogens (tertiary/aromatic N) is 2. The monoisotopic (exact) mass is 200 g/mol. The van der Waals surface area contributed by atoms with E-state index in [1.807, 2.05) is 31.3 Å². The van der Waals surface area contributed by atoms with Gasteiger partial charge in [0.1, 0.15) is 5.75 Å². The number of ether oxygens (including phenoxy) is 1. The Hall–Kier alpha value is -1.90. The largest absolute Gasteiger partial charge is 0.496 e. The molecule has 0 amide bonds. The quantitative estimate of drug-likeness (QED) is 0.747. The lowest BCUT2D eigenvalue weighted by Crippen LogP contribution is -1.91. The van der Waals surface area contributed by atoms with Gasteiger partial charge < -0.3 is 4.74 Å². The van der Waals surface area contributed by atoms with Gasteiger partial charge in [0.05, 0.1) is 7.11 Å². The summed E-state index contributed by atoms with van der Waals surface area (Å²) in [7, 11) is 1.66. The molecule has 0 aromatic carbocycles.